The van der Waals surface area contributed by atoms with Gasteiger partial charge in [0, 0.05) is 13.1 Å². The largest absolute Gasteiger partial charge is 0.388 e. The van der Waals surface area contributed by atoms with Gasteiger partial charge >= 0.3 is 0 Å². The topological polar surface area (TPSA) is 42.1 Å². The summed E-state index contributed by atoms with van der Waals surface area (Å²) in [7, 11) is 0. The number of piperidine rings is 1. The first kappa shape index (κ1) is 11.3. The van der Waals surface area contributed by atoms with E-state index in [1.54, 1.807) is 0 Å². The first-order valence-electron chi connectivity index (χ1n) is 5.68. The predicted octanol–water partition coefficient (Wildman–Crippen LogP) is 1.95. The lowest BCUT2D eigenvalue weighted by molar-refractivity contribution is 0.436. The molecule has 4 heteroatoms. The maximum Gasteiger partial charge on any atom is 0.129 e. The fourth-order valence-corrected chi connectivity index (χ4v) is 2.09. The summed E-state index contributed by atoms with van der Waals surface area (Å²) in [5.74, 6) is 1.83. The molecule has 0 atom stereocenters. The third kappa shape index (κ3) is 2.50. The van der Waals surface area contributed by atoms with Crippen molar-refractivity contribution in [2.24, 2.45) is 11.7 Å². The van der Waals surface area contributed by atoms with Crippen LogP contribution in [0.3, 0.4) is 0 Å². The first-order chi connectivity index (χ1) is 7.66. The minimum absolute atomic E-state index is 0.368. The molecule has 0 aliphatic carbocycles. The molecule has 0 radical (unpaired) electrons. The SMILES string of the molecule is CC1CCN(c2cccc(C(N)=S)n2)CC1. The third-order valence-corrected chi connectivity index (χ3v) is 3.30. The van der Waals surface area contributed by atoms with Gasteiger partial charge in [-0.1, -0.05) is 25.2 Å². The molecule has 1 fully saturated rings. The van der Waals surface area contributed by atoms with Crippen molar-refractivity contribution in [1.29, 1.82) is 0 Å². The van der Waals surface area contributed by atoms with Gasteiger partial charge in [-0.3, -0.25) is 0 Å². The third-order valence-electron chi connectivity index (χ3n) is 3.09. The molecule has 0 aromatic carbocycles. The van der Waals surface area contributed by atoms with Gasteiger partial charge in [-0.15, -0.1) is 0 Å². The number of hydrogen-bond donors (Lipinski definition) is 1. The second-order valence-electron chi connectivity index (χ2n) is 4.41. The van der Waals surface area contributed by atoms with Crippen molar-refractivity contribution in [1.82, 2.24) is 4.98 Å². The number of pyridine rings is 1. The lowest BCUT2D eigenvalue weighted by Crippen LogP contribution is -2.33. The minimum Gasteiger partial charge on any atom is -0.388 e. The van der Waals surface area contributed by atoms with E-state index < -0.39 is 0 Å². The van der Waals surface area contributed by atoms with Gasteiger partial charge in [0.15, 0.2) is 0 Å². The van der Waals surface area contributed by atoms with Crippen molar-refractivity contribution in [2.45, 2.75) is 19.8 Å². The monoisotopic (exact) mass is 235 g/mol. The van der Waals surface area contributed by atoms with Crippen LogP contribution in [-0.4, -0.2) is 23.1 Å². The molecule has 2 N–H and O–H groups in total. The Morgan fingerprint density at radius 2 is 2.12 bits per heavy atom. The van der Waals surface area contributed by atoms with E-state index in [2.05, 4.69) is 16.8 Å². The zero-order valence-electron chi connectivity index (χ0n) is 9.52. The van der Waals surface area contributed by atoms with E-state index in [0.717, 1.165) is 24.8 Å². The van der Waals surface area contributed by atoms with Gasteiger partial charge in [-0.2, -0.15) is 0 Å². The van der Waals surface area contributed by atoms with Crippen LogP contribution < -0.4 is 10.6 Å². The van der Waals surface area contributed by atoms with Crippen LogP contribution in [-0.2, 0) is 0 Å². The van der Waals surface area contributed by atoms with Crippen molar-refractivity contribution in [3.8, 4) is 0 Å². The lowest BCUT2D eigenvalue weighted by Gasteiger charge is -2.31. The van der Waals surface area contributed by atoms with Crippen LogP contribution >= 0.6 is 12.2 Å². The summed E-state index contributed by atoms with van der Waals surface area (Å²) in [4.78, 5) is 7.16. The molecule has 0 unspecified atom stereocenters. The maximum absolute atomic E-state index is 5.58. The Balaban J connectivity index is 2.14. The van der Waals surface area contributed by atoms with E-state index >= 15 is 0 Å². The normalized spacial score (nSPS) is 17.4. The molecule has 1 aromatic rings. The van der Waals surface area contributed by atoms with Crippen LogP contribution in [0.1, 0.15) is 25.5 Å². The molecule has 16 heavy (non-hydrogen) atoms. The van der Waals surface area contributed by atoms with Crippen molar-refractivity contribution < 1.29 is 0 Å². The van der Waals surface area contributed by atoms with Crippen LogP contribution in [0.2, 0.25) is 0 Å². The van der Waals surface area contributed by atoms with Crippen molar-refractivity contribution in [3.63, 3.8) is 0 Å². The van der Waals surface area contributed by atoms with Gasteiger partial charge in [0.2, 0.25) is 0 Å². The van der Waals surface area contributed by atoms with Crippen molar-refractivity contribution in [3.05, 3.63) is 23.9 Å². The number of aromatic nitrogens is 1. The maximum atomic E-state index is 5.58. The average Bonchev–Trinajstić information content (AvgIpc) is 2.30. The fourth-order valence-electron chi connectivity index (χ4n) is 1.97. The molecule has 86 valence electrons. The molecule has 1 aliphatic heterocycles. The second-order valence-corrected chi connectivity index (χ2v) is 4.85. The summed E-state index contributed by atoms with van der Waals surface area (Å²) in [6, 6.07) is 5.85. The summed E-state index contributed by atoms with van der Waals surface area (Å²) >= 11 is 4.94. The Hall–Kier alpha value is -1.16. The number of rotatable bonds is 2. The molecule has 1 aliphatic rings. The molecular formula is C12H17N3S. The van der Waals surface area contributed by atoms with E-state index in [9.17, 15) is 0 Å². The van der Waals surface area contributed by atoms with Crippen LogP contribution in [0.5, 0.6) is 0 Å². The van der Waals surface area contributed by atoms with Crippen LogP contribution in [0.15, 0.2) is 18.2 Å². The highest BCUT2D eigenvalue weighted by Crippen LogP contribution is 2.21. The van der Waals surface area contributed by atoms with E-state index in [1.807, 2.05) is 18.2 Å². The van der Waals surface area contributed by atoms with Crippen LogP contribution in [0.4, 0.5) is 5.82 Å². The Labute approximate surface area is 102 Å². The molecular weight excluding hydrogens is 218 g/mol. The van der Waals surface area contributed by atoms with Crippen molar-refractivity contribution >= 4 is 23.0 Å². The van der Waals surface area contributed by atoms with E-state index in [1.165, 1.54) is 12.8 Å². The highest BCUT2D eigenvalue weighted by atomic mass is 32.1. The van der Waals surface area contributed by atoms with Crippen LogP contribution in [0.25, 0.3) is 0 Å². The summed E-state index contributed by atoms with van der Waals surface area (Å²) in [5, 5.41) is 0. The van der Waals surface area contributed by atoms with Crippen molar-refractivity contribution in [2.75, 3.05) is 18.0 Å². The van der Waals surface area contributed by atoms with Crippen LogP contribution in [0, 0.1) is 5.92 Å². The standard InChI is InChI=1S/C12H17N3S/c1-9-5-7-15(8-6-9)11-4-2-3-10(14-11)12(13)16/h2-4,9H,5-8H2,1H3,(H2,13,16). The summed E-state index contributed by atoms with van der Waals surface area (Å²) in [6.45, 7) is 4.46. The van der Waals surface area contributed by atoms with E-state index in [-0.39, 0.29) is 0 Å². The number of thiocarbonyl (C=S) groups is 1. The molecule has 2 rings (SSSR count). The van der Waals surface area contributed by atoms with Gasteiger partial charge in [0.25, 0.3) is 0 Å². The predicted molar refractivity (Wildman–Crippen MR) is 70.7 cm³/mol. The minimum atomic E-state index is 0.368. The van der Waals surface area contributed by atoms with Gasteiger partial charge in [-0.25, -0.2) is 4.98 Å². The molecule has 3 nitrogen and oxygen atoms in total. The zero-order valence-corrected chi connectivity index (χ0v) is 10.3. The molecule has 0 saturated carbocycles. The van der Waals surface area contributed by atoms with E-state index in [4.69, 9.17) is 18.0 Å². The van der Waals surface area contributed by atoms with Gasteiger partial charge < -0.3 is 10.6 Å². The summed E-state index contributed by atoms with van der Waals surface area (Å²) < 4.78 is 0. The Morgan fingerprint density at radius 3 is 2.75 bits per heavy atom. The Morgan fingerprint density at radius 1 is 1.44 bits per heavy atom. The molecule has 0 amide bonds. The number of hydrogen-bond acceptors (Lipinski definition) is 3. The Bertz CT molecular complexity index is 384. The lowest BCUT2D eigenvalue weighted by atomic mass is 9.99. The fraction of sp³-hybridized carbons (Fsp3) is 0.500. The summed E-state index contributed by atoms with van der Waals surface area (Å²) in [5.41, 5.74) is 6.30. The highest BCUT2D eigenvalue weighted by Gasteiger charge is 2.17. The highest BCUT2D eigenvalue weighted by molar-refractivity contribution is 7.80. The number of nitrogens with two attached hydrogens (primary N) is 1. The zero-order chi connectivity index (χ0) is 11.5. The average molecular weight is 235 g/mol. The molecule has 0 spiro atoms. The molecule has 1 saturated heterocycles. The van der Waals surface area contributed by atoms with E-state index in [0.29, 0.717) is 10.7 Å². The van der Waals surface area contributed by atoms with Gasteiger partial charge in [0.1, 0.15) is 10.8 Å². The summed E-state index contributed by atoms with van der Waals surface area (Å²) in [6.07, 6.45) is 2.47. The molecule has 1 aromatic heterocycles. The molecule has 2 heterocycles. The van der Waals surface area contributed by atoms with Gasteiger partial charge in [0.05, 0.1) is 5.69 Å². The quantitative estimate of drug-likeness (QED) is 0.796. The number of nitrogens with zero attached hydrogens (tertiary/aromatic N) is 2. The van der Waals surface area contributed by atoms with Gasteiger partial charge in [-0.05, 0) is 30.9 Å². The number of anilines is 1. The Kier molecular flexibility index (Phi) is 3.39. The molecule has 0 bridgehead atoms. The smallest absolute Gasteiger partial charge is 0.129 e. The second kappa shape index (κ2) is 4.78. The first-order valence-corrected chi connectivity index (χ1v) is 6.09.